The third-order valence-corrected chi connectivity index (χ3v) is 4.46. The first-order valence-electron chi connectivity index (χ1n) is 7.78. The van der Waals surface area contributed by atoms with Gasteiger partial charge in [-0.2, -0.15) is 0 Å². The summed E-state index contributed by atoms with van der Waals surface area (Å²) >= 11 is 0. The lowest BCUT2D eigenvalue weighted by atomic mass is 9.81. The Morgan fingerprint density at radius 3 is 2.41 bits per heavy atom. The molecule has 2 fully saturated rings. The Kier molecular flexibility index (Phi) is 3.96. The van der Waals surface area contributed by atoms with Gasteiger partial charge in [0, 0.05) is 0 Å². The third kappa shape index (κ3) is 2.40. The summed E-state index contributed by atoms with van der Waals surface area (Å²) in [5.41, 5.74) is 0.824. The molecule has 1 saturated carbocycles. The van der Waals surface area contributed by atoms with E-state index in [-0.39, 0.29) is 30.3 Å². The lowest BCUT2D eigenvalue weighted by molar-refractivity contribution is -0.122. The van der Waals surface area contributed by atoms with E-state index < -0.39 is 5.97 Å². The molecule has 2 amide bonds. The molecule has 2 atom stereocenters. The Balaban J connectivity index is 1.90. The number of ether oxygens (including phenoxy) is 1. The number of rotatable bonds is 3. The van der Waals surface area contributed by atoms with Crippen LogP contribution in [0.3, 0.4) is 0 Å². The van der Waals surface area contributed by atoms with Crippen molar-refractivity contribution < 1.29 is 19.1 Å². The predicted molar refractivity (Wildman–Crippen MR) is 80.3 cm³/mol. The number of anilines is 1. The maximum Gasteiger partial charge on any atom is 0.338 e. The van der Waals surface area contributed by atoms with Crippen LogP contribution in [0, 0.1) is 11.8 Å². The molecule has 1 saturated heterocycles. The van der Waals surface area contributed by atoms with E-state index in [0.29, 0.717) is 11.3 Å². The molecule has 1 aromatic rings. The van der Waals surface area contributed by atoms with Crippen LogP contribution in [0.5, 0.6) is 0 Å². The van der Waals surface area contributed by atoms with Crippen LogP contribution in [0.1, 0.15) is 43.0 Å². The smallest absolute Gasteiger partial charge is 0.338 e. The van der Waals surface area contributed by atoms with Gasteiger partial charge < -0.3 is 4.74 Å². The molecular weight excluding hydrogens is 282 g/mol. The molecule has 0 aromatic heterocycles. The molecule has 1 aromatic carbocycles. The normalized spacial score (nSPS) is 24.3. The van der Waals surface area contributed by atoms with Crippen LogP contribution < -0.4 is 4.90 Å². The van der Waals surface area contributed by atoms with Gasteiger partial charge in [-0.1, -0.05) is 18.9 Å². The van der Waals surface area contributed by atoms with Crippen molar-refractivity contribution in [1.29, 1.82) is 0 Å². The number of carbonyl (C=O) groups excluding carboxylic acids is 3. The minimum absolute atomic E-state index is 0.129. The monoisotopic (exact) mass is 301 g/mol. The molecule has 3 rings (SSSR count). The minimum Gasteiger partial charge on any atom is -0.462 e. The zero-order valence-electron chi connectivity index (χ0n) is 12.6. The molecular formula is C17H19NO4. The molecule has 0 bridgehead atoms. The summed E-state index contributed by atoms with van der Waals surface area (Å²) in [6.45, 7) is 2.02. The van der Waals surface area contributed by atoms with Gasteiger partial charge in [-0.3, -0.25) is 14.5 Å². The fraction of sp³-hybridized carbons (Fsp3) is 0.471. The first-order valence-corrected chi connectivity index (χ1v) is 7.78. The van der Waals surface area contributed by atoms with E-state index in [9.17, 15) is 14.4 Å². The SMILES string of the molecule is CCOC(=O)c1cccc(N2C(=O)[C@H]3CCCC[C@@H]3C2=O)c1. The highest BCUT2D eigenvalue weighted by atomic mass is 16.5. The highest BCUT2D eigenvalue weighted by Crippen LogP contribution is 2.40. The second kappa shape index (κ2) is 5.91. The zero-order valence-corrected chi connectivity index (χ0v) is 12.6. The van der Waals surface area contributed by atoms with Gasteiger partial charge in [0.15, 0.2) is 0 Å². The largest absolute Gasteiger partial charge is 0.462 e. The van der Waals surface area contributed by atoms with E-state index in [1.165, 1.54) is 4.90 Å². The van der Waals surface area contributed by atoms with Crippen LogP contribution in [0.25, 0.3) is 0 Å². The van der Waals surface area contributed by atoms with Gasteiger partial charge in [-0.15, -0.1) is 0 Å². The first kappa shape index (κ1) is 14.8. The summed E-state index contributed by atoms with van der Waals surface area (Å²) in [7, 11) is 0. The number of esters is 1. The second-order valence-corrected chi connectivity index (χ2v) is 5.78. The van der Waals surface area contributed by atoms with Gasteiger partial charge in [0.2, 0.25) is 11.8 Å². The van der Waals surface area contributed by atoms with Crippen LogP contribution in [0.2, 0.25) is 0 Å². The molecule has 2 aliphatic rings. The zero-order chi connectivity index (χ0) is 15.7. The van der Waals surface area contributed by atoms with E-state index in [0.717, 1.165) is 25.7 Å². The predicted octanol–water partition coefficient (Wildman–Crippen LogP) is 2.54. The Morgan fingerprint density at radius 2 is 1.82 bits per heavy atom. The van der Waals surface area contributed by atoms with Gasteiger partial charge in [0.05, 0.1) is 29.7 Å². The molecule has 0 unspecified atom stereocenters. The summed E-state index contributed by atoms with van der Waals surface area (Å²) in [4.78, 5) is 38.2. The van der Waals surface area contributed by atoms with E-state index in [1.54, 1.807) is 31.2 Å². The maximum atomic E-state index is 12.5. The molecule has 1 aliphatic carbocycles. The number of hydrogen-bond acceptors (Lipinski definition) is 4. The average molecular weight is 301 g/mol. The van der Waals surface area contributed by atoms with E-state index in [4.69, 9.17) is 4.74 Å². The molecule has 116 valence electrons. The first-order chi connectivity index (χ1) is 10.6. The standard InChI is InChI=1S/C17H19NO4/c1-2-22-17(21)11-6-5-7-12(10-11)18-15(19)13-8-3-4-9-14(13)16(18)20/h5-7,10,13-14H,2-4,8-9H2,1H3/t13-,14-/m0/s1. The van der Waals surface area contributed by atoms with Crippen LogP contribution in [-0.2, 0) is 14.3 Å². The topological polar surface area (TPSA) is 63.7 Å². The third-order valence-electron chi connectivity index (χ3n) is 4.46. The van der Waals surface area contributed by atoms with Crippen molar-refractivity contribution in [2.45, 2.75) is 32.6 Å². The molecule has 22 heavy (non-hydrogen) atoms. The van der Waals surface area contributed by atoms with Gasteiger partial charge in [-0.25, -0.2) is 4.79 Å². The molecule has 1 aliphatic heterocycles. The number of benzene rings is 1. The number of nitrogens with zero attached hydrogens (tertiary/aromatic N) is 1. The van der Waals surface area contributed by atoms with Crippen molar-refractivity contribution >= 4 is 23.5 Å². The fourth-order valence-electron chi connectivity index (χ4n) is 3.40. The fourth-order valence-corrected chi connectivity index (χ4v) is 3.40. The number of imide groups is 1. The average Bonchev–Trinajstić information content (AvgIpc) is 2.80. The van der Waals surface area contributed by atoms with E-state index in [1.807, 2.05) is 0 Å². The van der Waals surface area contributed by atoms with Crippen molar-refractivity contribution in [3.8, 4) is 0 Å². The lowest BCUT2D eigenvalue weighted by Gasteiger charge is -2.19. The molecule has 0 spiro atoms. The highest BCUT2D eigenvalue weighted by Gasteiger charge is 2.48. The Morgan fingerprint density at radius 1 is 1.18 bits per heavy atom. The van der Waals surface area contributed by atoms with Crippen LogP contribution in [0.4, 0.5) is 5.69 Å². The van der Waals surface area contributed by atoms with E-state index >= 15 is 0 Å². The number of hydrogen-bond donors (Lipinski definition) is 0. The van der Waals surface area contributed by atoms with Crippen molar-refractivity contribution in [2.75, 3.05) is 11.5 Å². The van der Waals surface area contributed by atoms with Crippen LogP contribution >= 0.6 is 0 Å². The Bertz CT molecular complexity index is 601. The summed E-state index contributed by atoms with van der Waals surface area (Å²) in [6.07, 6.45) is 3.56. The van der Waals surface area contributed by atoms with Gasteiger partial charge >= 0.3 is 5.97 Å². The second-order valence-electron chi connectivity index (χ2n) is 5.78. The van der Waals surface area contributed by atoms with Crippen LogP contribution in [-0.4, -0.2) is 24.4 Å². The number of fused-ring (bicyclic) bond motifs is 1. The summed E-state index contributed by atoms with van der Waals surface area (Å²) < 4.78 is 4.97. The Labute approximate surface area is 129 Å². The van der Waals surface area contributed by atoms with Gasteiger partial charge in [0.25, 0.3) is 0 Å². The number of carbonyl (C=O) groups is 3. The highest BCUT2D eigenvalue weighted by molar-refractivity contribution is 6.22. The van der Waals surface area contributed by atoms with Crippen molar-refractivity contribution in [1.82, 2.24) is 0 Å². The van der Waals surface area contributed by atoms with Gasteiger partial charge in [-0.05, 0) is 38.0 Å². The molecule has 0 radical (unpaired) electrons. The molecule has 0 N–H and O–H groups in total. The molecule has 5 nitrogen and oxygen atoms in total. The van der Waals surface area contributed by atoms with Crippen molar-refractivity contribution in [2.24, 2.45) is 11.8 Å². The Hall–Kier alpha value is -2.17. The maximum absolute atomic E-state index is 12.5. The molecule has 1 heterocycles. The number of amides is 2. The summed E-state index contributed by atoms with van der Waals surface area (Å²) in [5.74, 6) is -1.08. The van der Waals surface area contributed by atoms with E-state index in [2.05, 4.69) is 0 Å². The summed E-state index contributed by atoms with van der Waals surface area (Å²) in [6, 6.07) is 6.55. The lowest BCUT2D eigenvalue weighted by Crippen LogP contribution is -2.31. The van der Waals surface area contributed by atoms with Gasteiger partial charge in [0.1, 0.15) is 0 Å². The summed E-state index contributed by atoms with van der Waals surface area (Å²) in [5, 5.41) is 0. The van der Waals surface area contributed by atoms with Crippen molar-refractivity contribution in [3.63, 3.8) is 0 Å². The quantitative estimate of drug-likeness (QED) is 0.636. The van der Waals surface area contributed by atoms with Crippen molar-refractivity contribution in [3.05, 3.63) is 29.8 Å². The molecule has 5 heteroatoms. The van der Waals surface area contributed by atoms with Crippen LogP contribution in [0.15, 0.2) is 24.3 Å². The minimum atomic E-state index is -0.444.